The lowest BCUT2D eigenvalue weighted by Crippen LogP contribution is -2.47. The Hall–Kier alpha value is -2.92. The molecule has 1 aliphatic rings. The third-order valence-corrected chi connectivity index (χ3v) is 5.65. The van der Waals surface area contributed by atoms with Crippen molar-refractivity contribution in [3.05, 3.63) is 66.4 Å². The highest BCUT2D eigenvalue weighted by molar-refractivity contribution is 6.10. The number of amides is 1. The van der Waals surface area contributed by atoms with E-state index in [4.69, 9.17) is 0 Å². The van der Waals surface area contributed by atoms with Crippen LogP contribution in [0, 0.1) is 5.92 Å². The fourth-order valence-electron chi connectivity index (χ4n) is 4.00. The molecule has 2 aromatic carbocycles. The van der Waals surface area contributed by atoms with E-state index in [1.165, 1.54) is 0 Å². The molecule has 1 aliphatic heterocycles. The molecule has 2 N–H and O–H groups in total. The van der Waals surface area contributed by atoms with Gasteiger partial charge in [-0.15, -0.1) is 0 Å². The molecule has 5 nitrogen and oxygen atoms in total. The van der Waals surface area contributed by atoms with Gasteiger partial charge in [-0.1, -0.05) is 36.4 Å². The number of Topliss-reactive ketones (excluding diaryl/α,β-unsaturated/α-hetero) is 1. The summed E-state index contributed by atoms with van der Waals surface area (Å²) in [6.45, 7) is 3.39. The smallest absolute Gasteiger partial charge is 0.228 e. The van der Waals surface area contributed by atoms with Crippen LogP contribution in [0.2, 0.25) is 0 Å². The van der Waals surface area contributed by atoms with Crippen LogP contribution in [-0.4, -0.2) is 40.7 Å². The van der Waals surface area contributed by atoms with Crippen molar-refractivity contribution in [1.82, 2.24) is 9.88 Å². The summed E-state index contributed by atoms with van der Waals surface area (Å²) in [5.41, 5.74) is 2.50. The number of piperidine rings is 1. The molecule has 4 rings (SSSR count). The van der Waals surface area contributed by atoms with Gasteiger partial charge in [0.2, 0.25) is 5.91 Å². The van der Waals surface area contributed by atoms with Crippen LogP contribution in [0.25, 0.3) is 10.9 Å². The van der Waals surface area contributed by atoms with Crippen molar-refractivity contribution in [2.75, 3.05) is 18.4 Å². The van der Waals surface area contributed by atoms with Crippen molar-refractivity contribution >= 4 is 28.3 Å². The van der Waals surface area contributed by atoms with Crippen LogP contribution in [0.5, 0.6) is 0 Å². The maximum atomic E-state index is 13.1. The van der Waals surface area contributed by atoms with Crippen molar-refractivity contribution in [3.63, 3.8) is 0 Å². The molecule has 2 atom stereocenters. The quantitative estimate of drug-likeness (QED) is 0.660. The van der Waals surface area contributed by atoms with E-state index < -0.39 is 0 Å². The van der Waals surface area contributed by atoms with Crippen LogP contribution in [0.4, 0.5) is 5.69 Å². The van der Waals surface area contributed by atoms with Gasteiger partial charge in [0, 0.05) is 34.9 Å². The summed E-state index contributed by atoms with van der Waals surface area (Å²) in [5.74, 6) is 0.0244. The fourth-order valence-corrected chi connectivity index (χ4v) is 4.00. The van der Waals surface area contributed by atoms with Gasteiger partial charge in [0.05, 0.1) is 12.0 Å². The number of nitrogens with zero attached hydrogens (tertiary/aromatic N) is 1. The van der Waals surface area contributed by atoms with Crippen molar-refractivity contribution in [1.29, 1.82) is 0 Å². The number of aromatic amines is 1. The molecular weight excluding hydrogens is 350 g/mol. The number of carbonyl (C=O) groups excluding carboxylic acids is 2. The molecule has 5 heteroatoms. The van der Waals surface area contributed by atoms with E-state index in [1.807, 2.05) is 61.5 Å². The minimum absolute atomic E-state index is 0.0302. The maximum Gasteiger partial charge on any atom is 0.228 e. The van der Waals surface area contributed by atoms with Crippen molar-refractivity contribution in [3.8, 4) is 0 Å². The lowest BCUT2D eigenvalue weighted by Gasteiger charge is -2.35. The van der Waals surface area contributed by atoms with E-state index >= 15 is 0 Å². The van der Waals surface area contributed by atoms with Crippen LogP contribution in [0.1, 0.15) is 30.1 Å². The molecule has 2 unspecified atom stereocenters. The first-order chi connectivity index (χ1) is 13.6. The van der Waals surface area contributed by atoms with Crippen LogP contribution < -0.4 is 5.32 Å². The minimum atomic E-state index is -0.258. The summed E-state index contributed by atoms with van der Waals surface area (Å²) >= 11 is 0. The lowest BCUT2D eigenvalue weighted by molar-refractivity contribution is -0.121. The Morgan fingerprint density at radius 2 is 1.86 bits per heavy atom. The third-order valence-electron chi connectivity index (χ3n) is 5.65. The van der Waals surface area contributed by atoms with Gasteiger partial charge in [-0.3, -0.25) is 14.5 Å². The van der Waals surface area contributed by atoms with Crippen LogP contribution >= 0.6 is 0 Å². The maximum absolute atomic E-state index is 13.1. The SMILES string of the molecule is CC(C(=O)c1c[nH]c2ccccc12)N1CCCC(C(=O)Nc2ccccc2)C1. The molecule has 1 saturated heterocycles. The number of rotatable bonds is 5. The lowest BCUT2D eigenvalue weighted by atomic mass is 9.94. The standard InChI is InChI=1S/C23H25N3O2/c1-16(22(27)20-14-24-21-12-6-5-11-19(20)21)26-13-7-8-17(15-26)23(28)25-18-9-3-2-4-10-18/h2-6,9-12,14,16-17,24H,7-8,13,15H2,1H3,(H,25,28). The molecule has 144 valence electrons. The van der Waals surface area contributed by atoms with Gasteiger partial charge in [0.25, 0.3) is 0 Å². The topological polar surface area (TPSA) is 65.2 Å². The van der Waals surface area contributed by atoms with Gasteiger partial charge in [-0.25, -0.2) is 0 Å². The van der Waals surface area contributed by atoms with Gasteiger partial charge < -0.3 is 10.3 Å². The number of ketones is 1. The van der Waals surface area contributed by atoms with E-state index in [0.29, 0.717) is 6.54 Å². The molecule has 3 aromatic rings. The monoisotopic (exact) mass is 375 g/mol. The Balaban J connectivity index is 1.45. The summed E-state index contributed by atoms with van der Waals surface area (Å²) in [7, 11) is 0. The molecule has 1 amide bonds. The Bertz CT molecular complexity index is 980. The highest BCUT2D eigenvalue weighted by atomic mass is 16.2. The highest BCUT2D eigenvalue weighted by Gasteiger charge is 2.31. The number of para-hydroxylation sites is 2. The van der Waals surface area contributed by atoms with Gasteiger partial charge in [0.1, 0.15) is 0 Å². The van der Waals surface area contributed by atoms with E-state index in [0.717, 1.165) is 41.5 Å². The molecule has 0 aliphatic carbocycles. The summed E-state index contributed by atoms with van der Waals surface area (Å²) in [6, 6.07) is 17.1. The van der Waals surface area contributed by atoms with Gasteiger partial charge in [-0.2, -0.15) is 0 Å². The predicted octanol–water partition coefficient (Wildman–Crippen LogP) is 4.09. The molecule has 0 saturated carbocycles. The van der Waals surface area contributed by atoms with Gasteiger partial charge in [-0.05, 0) is 44.5 Å². The zero-order valence-electron chi connectivity index (χ0n) is 16.0. The number of nitrogens with one attached hydrogen (secondary N) is 2. The zero-order chi connectivity index (χ0) is 19.5. The molecule has 0 bridgehead atoms. The number of hydrogen-bond acceptors (Lipinski definition) is 3. The summed E-state index contributed by atoms with van der Waals surface area (Å²) < 4.78 is 0. The van der Waals surface area contributed by atoms with E-state index in [2.05, 4.69) is 15.2 Å². The Morgan fingerprint density at radius 3 is 2.68 bits per heavy atom. The van der Waals surface area contributed by atoms with Crippen LogP contribution in [0.15, 0.2) is 60.8 Å². The van der Waals surface area contributed by atoms with Crippen molar-refractivity contribution in [2.45, 2.75) is 25.8 Å². The predicted molar refractivity (Wildman–Crippen MR) is 111 cm³/mol. The van der Waals surface area contributed by atoms with E-state index in [1.54, 1.807) is 6.20 Å². The fraction of sp³-hybridized carbons (Fsp3) is 0.304. The molecule has 28 heavy (non-hydrogen) atoms. The number of aromatic nitrogens is 1. The Morgan fingerprint density at radius 1 is 1.11 bits per heavy atom. The first-order valence-electron chi connectivity index (χ1n) is 9.84. The molecule has 1 aromatic heterocycles. The molecular formula is C23H25N3O2. The number of H-pyrrole nitrogens is 1. The Labute approximate surface area is 164 Å². The largest absolute Gasteiger partial charge is 0.360 e. The van der Waals surface area contributed by atoms with E-state index in [9.17, 15) is 9.59 Å². The number of likely N-dealkylation sites (tertiary alicyclic amines) is 1. The Kier molecular flexibility index (Phi) is 5.26. The minimum Gasteiger partial charge on any atom is -0.360 e. The first-order valence-corrected chi connectivity index (χ1v) is 9.84. The molecule has 0 radical (unpaired) electrons. The average Bonchev–Trinajstić information content (AvgIpc) is 3.17. The molecule has 1 fully saturated rings. The number of anilines is 1. The van der Waals surface area contributed by atoms with E-state index in [-0.39, 0.29) is 23.7 Å². The summed E-state index contributed by atoms with van der Waals surface area (Å²) in [4.78, 5) is 31.1. The number of fused-ring (bicyclic) bond motifs is 1. The normalized spacial score (nSPS) is 18.7. The highest BCUT2D eigenvalue weighted by Crippen LogP contribution is 2.24. The second-order valence-corrected chi connectivity index (χ2v) is 7.48. The second-order valence-electron chi connectivity index (χ2n) is 7.48. The number of benzene rings is 2. The van der Waals surface area contributed by atoms with Crippen molar-refractivity contribution in [2.24, 2.45) is 5.92 Å². The summed E-state index contributed by atoms with van der Waals surface area (Å²) in [6.07, 6.45) is 3.56. The number of carbonyl (C=O) groups is 2. The third kappa shape index (κ3) is 3.71. The molecule has 2 heterocycles. The number of hydrogen-bond donors (Lipinski definition) is 2. The van der Waals surface area contributed by atoms with Gasteiger partial charge in [0.15, 0.2) is 5.78 Å². The zero-order valence-corrected chi connectivity index (χ0v) is 16.0. The van der Waals surface area contributed by atoms with Gasteiger partial charge >= 0.3 is 0 Å². The molecule has 0 spiro atoms. The first kappa shape index (κ1) is 18.4. The average molecular weight is 375 g/mol. The summed E-state index contributed by atoms with van der Waals surface area (Å²) in [5, 5.41) is 3.95. The second kappa shape index (κ2) is 7.98. The van der Waals surface area contributed by atoms with Crippen LogP contribution in [-0.2, 0) is 4.79 Å². The van der Waals surface area contributed by atoms with Crippen molar-refractivity contribution < 1.29 is 9.59 Å². The van der Waals surface area contributed by atoms with Crippen LogP contribution in [0.3, 0.4) is 0 Å².